The van der Waals surface area contributed by atoms with E-state index in [9.17, 15) is 10.2 Å². The van der Waals surface area contributed by atoms with Crippen LogP contribution in [-0.4, -0.2) is 52.1 Å². The number of nitrogens with zero attached hydrogens (tertiary/aromatic N) is 1. The second-order valence-corrected chi connectivity index (χ2v) is 8.04. The molecule has 2 aliphatic heterocycles. The van der Waals surface area contributed by atoms with Crippen molar-refractivity contribution in [2.24, 2.45) is 0 Å². The molecule has 2 heterocycles. The predicted molar refractivity (Wildman–Crippen MR) is 91.3 cm³/mol. The van der Waals surface area contributed by atoms with Gasteiger partial charge in [-0.3, -0.25) is 4.90 Å². The summed E-state index contributed by atoms with van der Waals surface area (Å²) in [6, 6.07) is 4.39. The highest BCUT2D eigenvalue weighted by molar-refractivity contribution is 5.60. The summed E-state index contributed by atoms with van der Waals surface area (Å²) in [5.41, 5.74) is 2.31. The molecule has 1 saturated carbocycles. The lowest BCUT2D eigenvalue weighted by atomic mass is 9.48. The minimum Gasteiger partial charge on any atom is -0.486 e. The molecule has 2 unspecified atom stereocenters. The summed E-state index contributed by atoms with van der Waals surface area (Å²) in [6.07, 6.45) is 4.02. The Hall–Kier alpha value is -1.36. The number of aryl methyl sites for hydroxylation is 1. The summed E-state index contributed by atoms with van der Waals surface area (Å²) in [5, 5.41) is 22.7. The van der Waals surface area contributed by atoms with Crippen LogP contribution in [0.15, 0.2) is 24.8 Å². The van der Waals surface area contributed by atoms with Crippen LogP contribution in [0, 0.1) is 6.92 Å². The summed E-state index contributed by atoms with van der Waals surface area (Å²) >= 11 is 0. The quantitative estimate of drug-likeness (QED) is 0.812. The minimum absolute atomic E-state index is 0.0732. The van der Waals surface area contributed by atoms with E-state index in [1.165, 1.54) is 11.1 Å². The van der Waals surface area contributed by atoms with Gasteiger partial charge in [0.15, 0.2) is 0 Å². The third kappa shape index (κ3) is 1.47. The van der Waals surface area contributed by atoms with Crippen LogP contribution < -0.4 is 4.74 Å². The Labute approximate surface area is 142 Å². The zero-order valence-electron chi connectivity index (χ0n) is 14.2. The topological polar surface area (TPSA) is 52.9 Å². The first-order chi connectivity index (χ1) is 11.5. The first-order valence-electron chi connectivity index (χ1n) is 9.08. The number of aliphatic hydroxyl groups is 2. The summed E-state index contributed by atoms with van der Waals surface area (Å²) in [6.45, 7) is 7.67. The number of piperidine rings is 1. The SMILES string of the molecule is C=CCN1CCC23c4c5ccc(C)c4OC2[C@H](O)CC[C@]3(O)[C@@H]1C5. The van der Waals surface area contributed by atoms with E-state index in [0.717, 1.165) is 37.2 Å². The van der Waals surface area contributed by atoms with Crippen LogP contribution >= 0.6 is 0 Å². The Morgan fingerprint density at radius 3 is 3.04 bits per heavy atom. The van der Waals surface area contributed by atoms with Crippen molar-refractivity contribution >= 4 is 0 Å². The van der Waals surface area contributed by atoms with Crippen LogP contribution in [0.4, 0.5) is 0 Å². The summed E-state index contributed by atoms with van der Waals surface area (Å²) < 4.78 is 6.33. The monoisotopic (exact) mass is 327 g/mol. The Morgan fingerprint density at radius 2 is 2.25 bits per heavy atom. The maximum absolute atomic E-state index is 12.0. The average molecular weight is 327 g/mol. The van der Waals surface area contributed by atoms with E-state index in [-0.39, 0.29) is 12.1 Å². The highest BCUT2D eigenvalue weighted by atomic mass is 16.5. The van der Waals surface area contributed by atoms with Crippen molar-refractivity contribution < 1.29 is 14.9 Å². The van der Waals surface area contributed by atoms with Gasteiger partial charge in [-0.15, -0.1) is 6.58 Å². The third-order valence-electron chi connectivity index (χ3n) is 7.12. The number of hydrogen-bond donors (Lipinski definition) is 2. The lowest BCUT2D eigenvalue weighted by molar-refractivity contribution is -0.206. The molecule has 1 aromatic rings. The molecular formula is C20H25NO3. The van der Waals surface area contributed by atoms with Gasteiger partial charge in [0, 0.05) is 18.2 Å². The van der Waals surface area contributed by atoms with E-state index in [0.29, 0.717) is 12.8 Å². The molecule has 2 aliphatic carbocycles. The van der Waals surface area contributed by atoms with E-state index in [4.69, 9.17) is 4.74 Å². The Morgan fingerprint density at radius 1 is 1.42 bits per heavy atom. The van der Waals surface area contributed by atoms with Gasteiger partial charge in [-0.25, -0.2) is 0 Å². The number of hydrogen-bond acceptors (Lipinski definition) is 4. The van der Waals surface area contributed by atoms with E-state index in [2.05, 4.69) is 30.5 Å². The highest BCUT2D eigenvalue weighted by Gasteiger charge is 2.72. The Balaban J connectivity index is 1.78. The van der Waals surface area contributed by atoms with Gasteiger partial charge in [-0.1, -0.05) is 18.2 Å². The van der Waals surface area contributed by atoms with E-state index >= 15 is 0 Å². The Bertz CT molecular complexity index is 732. The summed E-state index contributed by atoms with van der Waals surface area (Å²) in [5.74, 6) is 0.924. The fourth-order valence-corrected chi connectivity index (χ4v) is 6.14. The van der Waals surface area contributed by atoms with Gasteiger partial charge in [-0.2, -0.15) is 0 Å². The number of ether oxygens (including phenoxy) is 1. The fourth-order valence-electron chi connectivity index (χ4n) is 6.14. The van der Waals surface area contributed by atoms with Crippen molar-refractivity contribution in [1.29, 1.82) is 0 Å². The molecule has 1 saturated heterocycles. The molecule has 4 nitrogen and oxygen atoms in total. The molecule has 0 aromatic heterocycles. The van der Waals surface area contributed by atoms with Gasteiger partial charge in [-0.05, 0) is 50.3 Å². The second-order valence-electron chi connectivity index (χ2n) is 8.04. The highest BCUT2D eigenvalue weighted by Crippen LogP contribution is 2.64. The predicted octanol–water partition coefficient (Wildman–Crippen LogP) is 1.70. The molecule has 2 bridgehead atoms. The second kappa shape index (κ2) is 4.63. The van der Waals surface area contributed by atoms with Gasteiger partial charge < -0.3 is 14.9 Å². The average Bonchev–Trinajstić information content (AvgIpc) is 2.91. The Kier molecular flexibility index (Phi) is 2.88. The van der Waals surface area contributed by atoms with Gasteiger partial charge in [0.05, 0.1) is 17.1 Å². The normalized spacial score (nSPS) is 42.4. The molecule has 2 fully saturated rings. The molecular weight excluding hydrogens is 302 g/mol. The van der Waals surface area contributed by atoms with Crippen molar-refractivity contribution in [3.63, 3.8) is 0 Å². The maximum atomic E-state index is 12.0. The van der Waals surface area contributed by atoms with Gasteiger partial charge in [0.2, 0.25) is 0 Å². The van der Waals surface area contributed by atoms with E-state index in [1.807, 2.05) is 6.08 Å². The van der Waals surface area contributed by atoms with Crippen molar-refractivity contribution in [2.45, 2.75) is 61.9 Å². The van der Waals surface area contributed by atoms with Crippen molar-refractivity contribution in [1.82, 2.24) is 4.90 Å². The molecule has 1 spiro atoms. The van der Waals surface area contributed by atoms with Gasteiger partial charge in [0.25, 0.3) is 0 Å². The summed E-state index contributed by atoms with van der Waals surface area (Å²) in [4.78, 5) is 2.37. The number of aliphatic hydroxyl groups excluding tert-OH is 1. The molecule has 5 rings (SSSR count). The van der Waals surface area contributed by atoms with Crippen LogP contribution in [0.1, 0.15) is 36.0 Å². The van der Waals surface area contributed by atoms with E-state index < -0.39 is 17.1 Å². The molecule has 0 amide bonds. The molecule has 1 aromatic carbocycles. The molecule has 128 valence electrons. The zero-order valence-corrected chi connectivity index (χ0v) is 14.2. The lowest BCUT2D eigenvalue weighted by Gasteiger charge is -2.63. The van der Waals surface area contributed by atoms with Crippen molar-refractivity contribution in [2.75, 3.05) is 13.1 Å². The lowest BCUT2D eigenvalue weighted by Crippen LogP contribution is -2.77. The molecule has 4 heteroatoms. The van der Waals surface area contributed by atoms with Gasteiger partial charge in [0.1, 0.15) is 11.9 Å². The van der Waals surface area contributed by atoms with Crippen molar-refractivity contribution in [3.05, 3.63) is 41.5 Å². The summed E-state index contributed by atoms with van der Waals surface area (Å²) in [7, 11) is 0. The first-order valence-corrected chi connectivity index (χ1v) is 9.08. The number of benzene rings is 1. The van der Waals surface area contributed by atoms with Crippen LogP contribution in [0.25, 0.3) is 0 Å². The van der Waals surface area contributed by atoms with Crippen LogP contribution in [0.3, 0.4) is 0 Å². The fraction of sp³-hybridized carbons (Fsp3) is 0.600. The van der Waals surface area contributed by atoms with Crippen LogP contribution in [-0.2, 0) is 11.8 Å². The molecule has 0 radical (unpaired) electrons. The molecule has 24 heavy (non-hydrogen) atoms. The van der Waals surface area contributed by atoms with Gasteiger partial charge >= 0.3 is 0 Å². The largest absolute Gasteiger partial charge is 0.486 e. The maximum Gasteiger partial charge on any atom is 0.137 e. The van der Waals surface area contributed by atoms with Crippen LogP contribution in [0.5, 0.6) is 5.75 Å². The minimum atomic E-state index is -0.829. The third-order valence-corrected chi connectivity index (χ3v) is 7.12. The molecule has 5 atom stereocenters. The standard InChI is InChI=1S/C20H25NO3/c1-3-9-21-10-8-19-16-13-5-4-12(2)17(16)24-18(19)14(22)6-7-20(19,23)15(21)11-13/h3-5,14-15,18,22-23H,1,6-11H2,2H3/t14-,15+,18?,19?,20+/m1/s1. The number of likely N-dealkylation sites (tertiary alicyclic amines) is 1. The first kappa shape index (κ1) is 14.9. The molecule has 2 N–H and O–H groups in total. The number of rotatable bonds is 2. The van der Waals surface area contributed by atoms with Crippen molar-refractivity contribution in [3.8, 4) is 5.75 Å². The van der Waals surface area contributed by atoms with E-state index in [1.54, 1.807) is 0 Å². The molecule has 4 aliphatic rings. The smallest absolute Gasteiger partial charge is 0.137 e. The van der Waals surface area contributed by atoms with Crippen LogP contribution in [0.2, 0.25) is 0 Å². The zero-order chi connectivity index (χ0) is 16.7.